The second kappa shape index (κ2) is 7.50. The molecule has 0 amide bonds. The van der Waals surface area contributed by atoms with Crippen molar-refractivity contribution in [2.45, 2.75) is 17.7 Å². The van der Waals surface area contributed by atoms with E-state index < -0.39 is 21.3 Å². The molecule has 0 aromatic carbocycles. The monoisotopic (exact) mass is 397 g/mol. The van der Waals surface area contributed by atoms with Crippen LogP contribution in [0.2, 0.25) is 0 Å². The van der Waals surface area contributed by atoms with E-state index in [0.717, 1.165) is 36.7 Å². The minimum Gasteiger partial charge on any atom is -0.384 e. The molecule has 0 aliphatic carbocycles. The maximum Gasteiger partial charge on any atom is 0.329 e. The molecule has 2 aromatic heterocycles. The van der Waals surface area contributed by atoms with E-state index in [1.807, 2.05) is 0 Å². The molecular weight excluding hydrogens is 374 g/mol. The Kier molecular flexibility index (Phi) is 5.47. The van der Waals surface area contributed by atoms with E-state index in [9.17, 15) is 18.0 Å². The van der Waals surface area contributed by atoms with E-state index in [4.69, 9.17) is 4.74 Å². The minimum absolute atomic E-state index is 0.0356. The maximum atomic E-state index is 12.7. The number of aromatic nitrogens is 3. The SMILES string of the molecule is COCC1(CNS(=O)(=O)c2cnc3c(c2)c(=O)[nH]c(=O)n3C)CCNCC1. The van der Waals surface area contributed by atoms with Gasteiger partial charge in [0.1, 0.15) is 10.5 Å². The number of rotatable bonds is 6. The Morgan fingerprint density at radius 1 is 1.33 bits per heavy atom. The van der Waals surface area contributed by atoms with Crippen molar-refractivity contribution in [3.63, 3.8) is 0 Å². The fourth-order valence-corrected chi connectivity index (χ4v) is 4.46. The van der Waals surface area contributed by atoms with Gasteiger partial charge in [-0.1, -0.05) is 0 Å². The Balaban J connectivity index is 1.90. The van der Waals surface area contributed by atoms with Crippen molar-refractivity contribution in [1.82, 2.24) is 24.6 Å². The lowest BCUT2D eigenvalue weighted by molar-refractivity contribution is 0.0577. The Hall–Kier alpha value is -2.08. The van der Waals surface area contributed by atoms with E-state index in [-0.39, 0.29) is 27.9 Å². The lowest BCUT2D eigenvalue weighted by atomic mass is 9.80. The van der Waals surface area contributed by atoms with Crippen LogP contribution >= 0.6 is 0 Å². The quantitative estimate of drug-likeness (QED) is 0.564. The summed E-state index contributed by atoms with van der Waals surface area (Å²) in [6, 6.07) is 1.23. The number of aromatic amines is 1. The first-order chi connectivity index (χ1) is 12.8. The van der Waals surface area contributed by atoms with Gasteiger partial charge in [0.05, 0.1) is 12.0 Å². The van der Waals surface area contributed by atoms with E-state index >= 15 is 0 Å². The molecule has 3 rings (SSSR count). The molecule has 11 heteroatoms. The highest BCUT2D eigenvalue weighted by molar-refractivity contribution is 7.89. The van der Waals surface area contributed by atoms with Crippen molar-refractivity contribution in [1.29, 1.82) is 0 Å². The third-order valence-electron chi connectivity index (χ3n) is 4.99. The first kappa shape index (κ1) is 19.7. The molecule has 0 bridgehead atoms. The number of hydrogen-bond acceptors (Lipinski definition) is 7. The van der Waals surface area contributed by atoms with Crippen molar-refractivity contribution in [2.24, 2.45) is 12.5 Å². The number of aryl methyl sites for hydroxylation is 1. The van der Waals surface area contributed by atoms with Crippen LogP contribution in [0, 0.1) is 5.41 Å². The molecule has 3 N–H and O–H groups in total. The van der Waals surface area contributed by atoms with Crippen LogP contribution in [-0.4, -0.2) is 56.3 Å². The summed E-state index contributed by atoms with van der Waals surface area (Å²) in [7, 11) is -0.827. The number of hydrogen-bond donors (Lipinski definition) is 3. The first-order valence-corrected chi connectivity index (χ1v) is 10.0. The van der Waals surface area contributed by atoms with Crippen LogP contribution in [0.1, 0.15) is 12.8 Å². The van der Waals surface area contributed by atoms with Gasteiger partial charge in [-0.15, -0.1) is 0 Å². The van der Waals surface area contributed by atoms with Gasteiger partial charge in [-0.05, 0) is 32.0 Å². The van der Waals surface area contributed by atoms with Gasteiger partial charge in [-0.3, -0.25) is 14.3 Å². The highest BCUT2D eigenvalue weighted by atomic mass is 32.2. The van der Waals surface area contributed by atoms with Crippen molar-refractivity contribution >= 4 is 21.1 Å². The van der Waals surface area contributed by atoms with Crippen LogP contribution < -0.4 is 21.3 Å². The van der Waals surface area contributed by atoms with Crippen LogP contribution in [-0.2, 0) is 21.8 Å². The fraction of sp³-hybridized carbons (Fsp3) is 0.562. The van der Waals surface area contributed by atoms with Crippen LogP contribution in [0.3, 0.4) is 0 Å². The lowest BCUT2D eigenvalue weighted by Crippen LogP contribution is -2.47. The molecule has 1 saturated heterocycles. The molecule has 1 fully saturated rings. The second-order valence-corrected chi connectivity index (χ2v) is 8.63. The van der Waals surface area contributed by atoms with Gasteiger partial charge < -0.3 is 10.1 Å². The summed E-state index contributed by atoms with van der Waals surface area (Å²) in [6.45, 7) is 2.28. The zero-order valence-electron chi connectivity index (χ0n) is 15.2. The first-order valence-electron chi connectivity index (χ1n) is 8.56. The molecule has 148 valence electrons. The number of fused-ring (bicyclic) bond motifs is 1. The van der Waals surface area contributed by atoms with Crippen molar-refractivity contribution < 1.29 is 13.2 Å². The van der Waals surface area contributed by atoms with Crippen LogP contribution in [0.4, 0.5) is 0 Å². The molecule has 1 aliphatic rings. The predicted molar refractivity (Wildman–Crippen MR) is 99.2 cm³/mol. The van der Waals surface area contributed by atoms with Gasteiger partial charge in [-0.25, -0.2) is 22.9 Å². The molecule has 0 atom stereocenters. The van der Waals surface area contributed by atoms with Crippen LogP contribution in [0.25, 0.3) is 11.0 Å². The van der Waals surface area contributed by atoms with Gasteiger partial charge in [0.15, 0.2) is 0 Å². The number of methoxy groups -OCH3 is 1. The molecule has 2 aromatic rings. The molecule has 10 nitrogen and oxygen atoms in total. The number of nitrogens with zero attached hydrogens (tertiary/aromatic N) is 2. The average molecular weight is 397 g/mol. The zero-order chi connectivity index (χ0) is 19.7. The summed E-state index contributed by atoms with van der Waals surface area (Å²) in [5.41, 5.74) is -1.44. The second-order valence-electron chi connectivity index (χ2n) is 6.87. The van der Waals surface area contributed by atoms with Crippen LogP contribution in [0.5, 0.6) is 0 Å². The van der Waals surface area contributed by atoms with Crippen molar-refractivity contribution in [2.75, 3.05) is 33.4 Å². The lowest BCUT2D eigenvalue weighted by Gasteiger charge is -2.37. The predicted octanol–water partition coefficient (Wildman–Crippen LogP) is -1.08. The summed E-state index contributed by atoms with van der Waals surface area (Å²) < 4.78 is 34.6. The van der Waals surface area contributed by atoms with Gasteiger partial charge in [-0.2, -0.15) is 0 Å². The summed E-state index contributed by atoms with van der Waals surface area (Å²) >= 11 is 0. The summed E-state index contributed by atoms with van der Waals surface area (Å²) in [4.78, 5) is 29.7. The van der Waals surface area contributed by atoms with E-state index in [1.54, 1.807) is 7.11 Å². The Bertz CT molecular complexity index is 1050. The van der Waals surface area contributed by atoms with E-state index in [2.05, 4.69) is 20.0 Å². The third kappa shape index (κ3) is 3.95. The summed E-state index contributed by atoms with van der Waals surface area (Å²) in [5, 5.41) is 3.29. The van der Waals surface area contributed by atoms with E-state index in [0.29, 0.717) is 6.61 Å². The van der Waals surface area contributed by atoms with Gasteiger partial charge >= 0.3 is 5.69 Å². The Morgan fingerprint density at radius 3 is 2.70 bits per heavy atom. The van der Waals surface area contributed by atoms with Crippen LogP contribution in [0.15, 0.2) is 26.7 Å². The molecule has 1 aliphatic heterocycles. The average Bonchev–Trinajstić information content (AvgIpc) is 2.65. The molecule has 0 radical (unpaired) electrons. The number of ether oxygens (including phenoxy) is 1. The topological polar surface area (TPSA) is 135 Å². The number of nitrogens with one attached hydrogen (secondary N) is 3. The molecule has 0 saturated carbocycles. The number of H-pyrrole nitrogens is 1. The highest BCUT2D eigenvalue weighted by Gasteiger charge is 2.33. The third-order valence-corrected chi connectivity index (χ3v) is 6.36. The Morgan fingerprint density at radius 2 is 2.04 bits per heavy atom. The molecular formula is C16H23N5O5S. The summed E-state index contributed by atoms with van der Waals surface area (Å²) in [6.07, 6.45) is 2.73. The number of sulfonamides is 1. The van der Waals surface area contributed by atoms with E-state index in [1.165, 1.54) is 13.1 Å². The van der Waals surface area contributed by atoms with Crippen molar-refractivity contribution in [3.8, 4) is 0 Å². The van der Waals surface area contributed by atoms with Gasteiger partial charge in [0.2, 0.25) is 10.0 Å². The highest BCUT2D eigenvalue weighted by Crippen LogP contribution is 2.29. The molecule has 0 unspecified atom stereocenters. The molecule has 3 heterocycles. The number of pyridine rings is 1. The smallest absolute Gasteiger partial charge is 0.329 e. The zero-order valence-corrected chi connectivity index (χ0v) is 16.1. The normalized spacial score (nSPS) is 17.3. The molecule has 0 spiro atoms. The fourth-order valence-electron chi connectivity index (χ4n) is 3.33. The van der Waals surface area contributed by atoms with Crippen molar-refractivity contribution in [3.05, 3.63) is 33.1 Å². The maximum absolute atomic E-state index is 12.7. The largest absolute Gasteiger partial charge is 0.384 e. The Labute approximate surface area is 156 Å². The minimum atomic E-state index is -3.88. The van der Waals surface area contributed by atoms with Gasteiger partial charge in [0, 0.05) is 32.3 Å². The van der Waals surface area contributed by atoms with Gasteiger partial charge in [0.25, 0.3) is 5.56 Å². The summed E-state index contributed by atoms with van der Waals surface area (Å²) in [5.74, 6) is 0. The standard InChI is InChI=1S/C16H23N5O5S/c1-21-13-12(14(22)20-15(21)23)7-11(8-18-13)27(24,25)19-9-16(10-26-2)3-5-17-6-4-16/h7-8,17,19H,3-6,9-10H2,1-2H3,(H,20,22,23). The number of piperidine rings is 1. The molecule has 27 heavy (non-hydrogen) atoms.